The molecule has 0 aliphatic rings. The van der Waals surface area contributed by atoms with Crippen LogP contribution in [0.15, 0.2) is 0 Å². The molecular formula is C9H20O4S. The van der Waals surface area contributed by atoms with Gasteiger partial charge in [0.1, 0.15) is 0 Å². The van der Waals surface area contributed by atoms with E-state index in [2.05, 4.69) is 18.0 Å². The zero-order chi connectivity index (χ0) is 11.4. The van der Waals surface area contributed by atoms with Crippen molar-refractivity contribution in [2.45, 2.75) is 46.6 Å². The Labute approximate surface area is 86.6 Å². The number of rotatable bonds is 6. The van der Waals surface area contributed by atoms with Crippen molar-refractivity contribution in [3.8, 4) is 0 Å². The number of hydrogen-bond donors (Lipinski definition) is 1. The lowest BCUT2D eigenvalue weighted by atomic mass is 9.98. The Morgan fingerprint density at radius 1 is 1.14 bits per heavy atom. The van der Waals surface area contributed by atoms with E-state index in [1.54, 1.807) is 0 Å². The highest BCUT2D eigenvalue weighted by Crippen LogP contribution is 2.17. The fourth-order valence-corrected chi connectivity index (χ4v) is 1.78. The third-order valence-corrected chi connectivity index (χ3v) is 2.51. The van der Waals surface area contributed by atoms with Crippen LogP contribution >= 0.6 is 0 Å². The maximum Gasteiger partial charge on any atom is 0.397 e. The fourth-order valence-electron chi connectivity index (χ4n) is 1.15. The molecule has 14 heavy (non-hydrogen) atoms. The second-order valence-electron chi connectivity index (χ2n) is 4.28. The minimum atomic E-state index is -4.32. The molecule has 0 aromatic heterocycles. The van der Waals surface area contributed by atoms with Gasteiger partial charge in [0.25, 0.3) is 0 Å². The Balaban J connectivity index is 4.17. The van der Waals surface area contributed by atoms with Crippen LogP contribution in [0.3, 0.4) is 0 Å². The van der Waals surface area contributed by atoms with Crippen LogP contribution in [-0.4, -0.2) is 19.1 Å². The van der Waals surface area contributed by atoms with E-state index in [1.165, 1.54) is 0 Å². The van der Waals surface area contributed by atoms with E-state index in [1.807, 2.05) is 13.8 Å². The lowest BCUT2D eigenvalue weighted by Gasteiger charge is -2.19. The Morgan fingerprint density at radius 3 is 1.93 bits per heavy atom. The van der Waals surface area contributed by atoms with Crippen LogP contribution < -0.4 is 0 Å². The first-order chi connectivity index (χ1) is 6.22. The van der Waals surface area contributed by atoms with E-state index in [-0.39, 0.29) is 5.92 Å². The van der Waals surface area contributed by atoms with Crippen LogP contribution in [0, 0.1) is 11.8 Å². The molecule has 1 unspecified atom stereocenters. The maximum absolute atomic E-state index is 10.5. The zero-order valence-corrected chi connectivity index (χ0v) is 10.0. The summed E-state index contributed by atoms with van der Waals surface area (Å²) in [6.45, 7) is 7.86. The van der Waals surface area contributed by atoms with Gasteiger partial charge >= 0.3 is 10.4 Å². The summed E-state index contributed by atoms with van der Waals surface area (Å²) in [5.41, 5.74) is 0. The summed E-state index contributed by atoms with van der Waals surface area (Å²) in [4.78, 5) is 0. The monoisotopic (exact) mass is 224 g/mol. The summed E-state index contributed by atoms with van der Waals surface area (Å²) >= 11 is 0. The molecule has 0 bridgehead atoms. The molecule has 0 aliphatic heterocycles. The Kier molecular flexibility index (Phi) is 5.63. The second-order valence-corrected chi connectivity index (χ2v) is 5.33. The topological polar surface area (TPSA) is 63.6 Å². The summed E-state index contributed by atoms with van der Waals surface area (Å²) in [5.74, 6) is 0.580. The Morgan fingerprint density at radius 2 is 1.64 bits per heavy atom. The van der Waals surface area contributed by atoms with Crippen LogP contribution in [0.25, 0.3) is 0 Å². The van der Waals surface area contributed by atoms with E-state index in [0.29, 0.717) is 12.3 Å². The maximum atomic E-state index is 10.5. The van der Waals surface area contributed by atoms with Gasteiger partial charge in [-0.05, 0) is 24.7 Å². The van der Waals surface area contributed by atoms with Gasteiger partial charge in [-0.3, -0.25) is 4.55 Å². The van der Waals surface area contributed by atoms with Gasteiger partial charge in [-0.25, -0.2) is 4.18 Å². The van der Waals surface area contributed by atoms with Crippen LogP contribution in [0.5, 0.6) is 0 Å². The predicted octanol–water partition coefficient (Wildman–Crippen LogP) is 2.27. The third-order valence-electron chi connectivity index (χ3n) is 2.02. The SMILES string of the molecule is CC(C)CCC(OS(=O)(=O)O)C(C)C. The molecule has 0 aromatic carbocycles. The van der Waals surface area contributed by atoms with Gasteiger partial charge in [-0.2, -0.15) is 8.42 Å². The molecule has 0 aliphatic carbocycles. The van der Waals surface area contributed by atoms with E-state index >= 15 is 0 Å². The molecule has 0 rings (SSSR count). The Hall–Kier alpha value is -0.130. The molecule has 1 N–H and O–H groups in total. The number of hydrogen-bond acceptors (Lipinski definition) is 3. The molecule has 0 fully saturated rings. The van der Waals surface area contributed by atoms with Crippen LogP contribution in [-0.2, 0) is 14.6 Å². The molecular weight excluding hydrogens is 204 g/mol. The summed E-state index contributed by atoms with van der Waals surface area (Å²) in [7, 11) is -4.32. The highest BCUT2D eigenvalue weighted by Gasteiger charge is 2.20. The molecule has 5 heteroatoms. The molecule has 4 nitrogen and oxygen atoms in total. The van der Waals surface area contributed by atoms with Crippen LogP contribution in [0.4, 0.5) is 0 Å². The average molecular weight is 224 g/mol. The molecule has 86 valence electrons. The smallest absolute Gasteiger partial charge is 0.264 e. The zero-order valence-electron chi connectivity index (χ0n) is 9.23. The molecule has 0 spiro atoms. The second kappa shape index (κ2) is 5.68. The van der Waals surface area contributed by atoms with Crippen molar-refractivity contribution >= 4 is 10.4 Å². The Bertz CT molecular complexity index is 244. The molecule has 1 atom stereocenters. The largest absolute Gasteiger partial charge is 0.397 e. The van der Waals surface area contributed by atoms with Crippen LogP contribution in [0.1, 0.15) is 40.5 Å². The minimum absolute atomic E-state index is 0.0793. The molecule has 0 aromatic rings. The van der Waals surface area contributed by atoms with Crippen molar-refractivity contribution in [1.82, 2.24) is 0 Å². The van der Waals surface area contributed by atoms with E-state index in [4.69, 9.17) is 4.55 Å². The summed E-state index contributed by atoms with van der Waals surface area (Å²) in [6.07, 6.45) is 1.11. The van der Waals surface area contributed by atoms with Crippen molar-refractivity contribution in [2.24, 2.45) is 11.8 Å². The first-order valence-electron chi connectivity index (χ1n) is 4.88. The molecule has 0 heterocycles. The first kappa shape index (κ1) is 13.9. The van der Waals surface area contributed by atoms with E-state index in [9.17, 15) is 8.42 Å². The standard InChI is InChI=1S/C9H20O4S/c1-7(2)5-6-9(8(3)4)13-14(10,11)12/h7-9H,5-6H2,1-4H3,(H,10,11,12). The minimum Gasteiger partial charge on any atom is -0.264 e. The molecule has 0 radical (unpaired) electrons. The predicted molar refractivity (Wildman–Crippen MR) is 55.3 cm³/mol. The van der Waals surface area contributed by atoms with Gasteiger partial charge in [0.05, 0.1) is 6.10 Å². The van der Waals surface area contributed by atoms with Crippen molar-refractivity contribution in [3.05, 3.63) is 0 Å². The van der Waals surface area contributed by atoms with Crippen molar-refractivity contribution in [2.75, 3.05) is 0 Å². The third kappa shape index (κ3) is 7.29. The van der Waals surface area contributed by atoms with E-state index in [0.717, 1.165) is 6.42 Å². The van der Waals surface area contributed by atoms with Crippen molar-refractivity contribution in [3.63, 3.8) is 0 Å². The normalized spacial score (nSPS) is 15.1. The lowest BCUT2D eigenvalue weighted by molar-refractivity contribution is 0.124. The molecule has 0 amide bonds. The van der Waals surface area contributed by atoms with Gasteiger partial charge in [-0.1, -0.05) is 27.7 Å². The van der Waals surface area contributed by atoms with Gasteiger partial charge in [-0.15, -0.1) is 0 Å². The van der Waals surface area contributed by atoms with Gasteiger partial charge in [0.2, 0.25) is 0 Å². The quantitative estimate of drug-likeness (QED) is 0.703. The lowest BCUT2D eigenvalue weighted by Crippen LogP contribution is -2.23. The van der Waals surface area contributed by atoms with E-state index < -0.39 is 16.5 Å². The highest BCUT2D eigenvalue weighted by atomic mass is 32.3. The fraction of sp³-hybridized carbons (Fsp3) is 1.00. The average Bonchev–Trinajstić information content (AvgIpc) is 1.94. The van der Waals surface area contributed by atoms with Crippen molar-refractivity contribution in [1.29, 1.82) is 0 Å². The van der Waals surface area contributed by atoms with Gasteiger partial charge < -0.3 is 0 Å². The summed E-state index contributed by atoms with van der Waals surface area (Å²) in [5, 5.41) is 0. The van der Waals surface area contributed by atoms with Crippen LogP contribution in [0.2, 0.25) is 0 Å². The molecule has 0 saturated heterocycles. The summed E-state index contributed by atoms with van der Waals surface area (Å²) in [6, 6.07) is 0. The van der Waals surface area contributed by atoms with Crippen molar-refractivity contribution < 1.29 is 17.2 Å². The highest BCUT2D eigenvalue weighted by molar-refractivity contribution is 7.80. The molecule has 0 saturated carbocycles. The van der Waals surface area contributed by atoms with Gasteiger partial charge in [0.15, 0.2) is 0 Å². The van der Waals surface area contributed by atoms with Gasteiger partial charge in [0, 0.05) is 0 Å². The summed E-state index contributed by atoms with van der Waals surface area (Å²) < 4.78 is 34.2. The first-order valence-corrected chi connectivity index (χ1v) is 6.24.